The number of carbonyl (C=O) groups excluding carboxylic acids is 1. The molecule has 0 unspecified atom stereocenters. The molecule has 1 aromatic heterocycles. The third-order valence-electron chi connectivity index (χ3n) is 3.31. The molecule has 1 aromatic carbocycles. The molecule has 1 heterocycles. The summed E-state index contributed by atoms with van der Waals surface area (Å²) in [5, 5.41) is 2.71. The van der Waals surface area contributed by atoms with Gasteiger partial charge in [0.25, 0.3) is 0 Å². The molecule has 5 nitrogen and oxygen atoms in total. The number of hydrogen-bond acceptors (Lipinski definition) is 4. The van der Waals surface area contributed by atoms with Crippen molar-refractivity contribution in [2.24, 2.45) is 0 Å². The van der Waals surface area contributed by atoms with Gasteiger partial charge in [0.2, 0.25) is 5.88 Å². The van der Waals surface area contributed by atoms with E-state index in [1.807, 2.05) is 31.2 Å². The van der Waals surface area contributed by atoms with Crippen LogP contribution in [-0.4, -0.2) is 18.2 Å². The highest BCUT2D eigenvalue weighted by Crippen LogP contribution is 2.20. The van der Waals surface area contributed by atoms with Crippen molar-refractivity contribution < 1.29 is 14.3 Å². The van der Waals surface area contributed by atoms with Crippen LogP contribution in [0.5, 0.6) is 11.6 Å². The van der Waals surface area contributed by atoms with E-state index in [1.165, 1.54) is 0 Å². The number of benzene rings is 1. The van der Waals surface area contributed by atoms with Gasteiger partial charge in [-0.05, 0) is 37.1 Å². The van der Waals surface area contributed by atoms with Crippen molar-refractivity contribution in [1.29, 1.82) is 0 Å². The Balaban J connectivity index is 2.03. The van der Waals surface area contributed by atoms with Gasteiger partial charge in [0, 0.05) is 11.3 Å². The van der Waals surface area contributed by atoms with Crippen molar-refractivity contribution in [2.45, 2.75) is 26.8 Å². The lowest BCUT2D eigenvalue weighted by atomic mass is 10.1. The molecule has 5 heteroatoms. The summed E-state index contributed by atoms with van der Waals surface area (Å²) in [5.74, 6) is 1.03. The van der Waals surface area contributed by atoms with Crippen LogP contribution in [0.4, 0.5) is 4.79 Å². The lowest BCUT2D eigenvalue weighted by Crippen LogP contribution is -2.26. The molecule has 0 aliphatic carbocycles. The SMILES string of the molecule is CCc1cc(CNC(=O)Oc2ccccc2)c(OC)nc1C. The molecule has 0 bridgehead atoms. The molecule has 2 rings (SSSR count). The van der Waals surface area contributed by atoms with Gasteiger partial charge in [-0.15, -0.1) is 0 Å². The van der Waals surface area contributed by atoms with Gasteiger partial charge in [0.15, 0.2) is 0 Å². The van der Waals surface area contributed by atoms with E-state index in [0.717, 1.165) is 23.2 Å². The lowest BCUT2D eigenvalue weighted by Gasteiger charge is -2.12. The first-order chi connectivity index (χ1) is 10.6. The van der Waals surface area contributed by atoms with E-state index < -0.39 is 6.09 Å². The molecule has 0 atom stereocenters. The Morgan fingerprint density at radius 3 is 2.59 bits per heavy atom. The topological polar surface area (TPSA) is 60.5 Å². The summed E-state index contributed by atoms with van der Waals surface area (Å²) in [4.78, 5) is 16.2. The molecule has 2 aromatic rings. The Kier molecular flexibility index (Phi) is 5.36. The number of carbonyl (C=O) groups is 1. The average Bonchev–Trinajstić information content (AvgIpc) is 2.54. The third kappa shape index (κ3) is 3.97. The van der Waals surface area contributed by atoms with Crippen LogP contribution in [-0.2, 0) is 13.0 Å². The fraction of sp³-hybridized carbons (Fsp3) is 0.294. The molecule has 1 N–H and O–H groups in total. The summed E-state index contributed by atoms with van der Waals surface area (Å²) >= 11 is 0. The predicted molar refractivity (Wildman–Crippen MR) is 84.2 cm³/mol. The second-order valence-corrected chi connectivity index (χ2v) is 4.81. The van der Waals surface area contributed by atoms with Crippen LogP contribution in [0.25, 0.3) is 0 Å². The van der Waals surface area contributed by atoms with Gasteiger partial charge in [-0.25, -0.2) is 9.78 Å². The van der Waals surface area contributed by atoms with Crippen LogP contribution in [0.1, 0.15) is 23.7 Å². The van der Waals surface area contributed by atoms with E-state index in [0.29, 0.717) is 18.2 Å². The third-order valence-corrected chi connectivity index (χ3v) is 3.31. The summed E-state index contributed by atoms with van der Waals surface area (Å²) < 4.78 is 10.5. The number of hydrogen-bond donors (Lipinski definition) is 1. The van der Waals surface area contributed by atoms with Crippen molar-refractivity contribution in [3.63, 3.8) is 0 Å². The maximum Gasteiger partial charge on any atom is 0.412 e. The number of aryl methyl sites for hydroxylation is 2. The maximum atomic E-state index is 11.8. The highest BCUT2D eigenvalue weighted by atomic mass is 16.6. The monoisotopic (exact) mass is 300 g/mol. The van der Waals surface area contributed by atoms with Gasteiger partial charge in [-0.3, -0.25) is 0 Å². The first kappa shape index (κ1) is 15.8. The Morgan fingerprint density at radius 1 is 1.23 bits per heavy atom. The highest BCUT2D eigenvalue weighted by molar-refractivity contribution is 5.70. The summed E-state index contributed by atoms with van der Waals surface area (Å²) in [6.07, 6.45) is 0.372. The minimum Gasteiger partial charge on any atom is -0.481 e. The van der Waals surface area contributed by atoms with Crippen LogP contribution in [0, 0.1) is 6.92 Å². The smallest absolute Gasteiger partial charge is 0.412 e. The normalized spacial score (nSPS) is 10.1. The first-order valence-corrected chi connectivity index (χ1v) is 7.18. The van der Waals surface area contributed by atoms with E-state index in [1.54, 1.807) is 19.2 Å². The first-order valence-electron chi connectivity index (χ1n) is 7.18. The molecule has 0 spiro atoms. The van der Waals surface area contributed by atoms with Crippen LogP contribution >= 0.6 is 0 Å². The number of nitrogens with one attached hydrogen (secondary N) is 1. The van der Waals surface area contributed by atoms with Crippen molar-refractivity contribution in [2.75, 3.05) is 7.11 Å². The Hall–Kier alpha value is -2.56. The number of nitrogens with zero attached hydrogens (tertiary/aromatic N) is 1. The summed E-state index contributed by atoms with van der Waals surface area (Å²) in [7, 11) is 1.57. The maximum absolute atomic E-state index is 11.8. The van der Waals surface area contributed by atoms with Crippen molar-refractivity contribution in [3.8, 4) is 11.6 Å². The highest BCUT2D eigenvalue weighted by Gasteiger charge is 2.11. The Morgan fingerprint density at radius 2 is 1.95 bits per heavy atom. The van der Waals surface area contributed by atoms with Gasteiger partial charge in [-0.1, -0.05) is 25.1 Å². The molecular formula is C17H20N2O3. The van der Waals surface area contributed by atoms with Gasteiger partial charge < -0.3 is 14.8 Å². The zero-order chi connectivity index (χ0) is 15.9. The Labute approximate surface area is 130 Å². The molecule has 0 aliphatic heterocycles. The number of para-hydroxylation sites is 1. The second-order valence-electron chi connectivity index (χ2n) is 4.81. The fourth-order valence-electron chi connectivity index (χ4n) is 2.13. The molecule has 0 saturated carbocycles. The molecular weight excluding hydrogens is 280 g/mol. The molecule has 0 fully saturated rings. The van der Waals surface area contributed by atoms with Gasteiger partial charge in [-0.2, -0.15) is 0 Å². The van der Waals surface area contributed by atoms with Crippen LogP contribution in [0.2, 0.25) is 0 Å². The predicted octanol–water partition coefficient (Wildman–Crippen LogP) is 3.25. The summed E-state index contributed by atoms with van der Waals surface area (Å²) in [5.41, 5.74) is 2.90. The largest absolute Gasteiger partial charge is 0.481 e. The van der Waals surface area contributed by atoms with Crippen molar-refractivity contribution in [3.05, 3.63) is 53.2 Å². The lowest BCUT2D eigenvalue weighted by molar-refractivity contribution is 0.200. The van der Waals surface area contributed by atoms with E-state index in [9.17, 15) is 4.79 Å². The van der Waals surface area contributed by atoms with Gasteiger partial charge >= 0.3 is 6.09 Å². The molecule has 22 heavy (non-hydrogen) atoms. The van der Waals surface area contributed by atoms with E-state index in [4.69, 9.17) is 9.47 Å². The number of ether oxygens (including phenoxy) is 2. The van der Waals surface area contributed by atoms with Crippen LogP contribution in [0.15, 0.2) is 36.4 Å². The molecule has 0 aliphatic rings. The molecule has 0 saturated heterocycles. The molecule has 0 radical (unpaired) electrons. The number of aromatic nitrogens is 1. The van der Waals surface area contributed by atoms with Gasteiger partial charge in [0.05, 0.1) is 13.7 Å². The second kappa shape index (κ2) is 7.45. The minimum absolute atomic E-state index is 0.301. The quantitative estimate of drug-likeness (QED) is 0.920. The number of methoxy groups -OCH3 is 1. The average molecular weight is 300 g/mol. The van der Waals surface area contributed by atoms with Gasteiger partial charge in [0.1, 0.15) is 5.75 Å². The number of rotatable bonds is 5. The van der Waals surface area contributed by atoms with E-state index in [2.05, 4.69) is 17.2 Å². The standard InChI is InChI=1S/C17H20N2O3/c1-4-13-10-14(16(21-3)19-12(13)2)11-18-17(20)22-15-8-6-5-7-9-15/h5-10H,4,11H2,1-3H3,(H,18,20). The van der Waals surface area contributed by atoms with Crippen molar-refractivity contribution in [1.82, 2.24) is 10.3 Å². The fourth-order valence-corrected chi connectivity index (χ4v) is 2.13. The zero-order valence-electron chi connectivity index (χ0n) is 13.1. The summed E-state index contributed by atoms with van der Waals surface area (Å²) in [6.45, 7) is 4.31. The Bertz CT molecular complexity index is 642. The number of pyridine rings is 1. The molecule has 1 amide bonds. The zero-order valence-corrected chi connectivity index (χ0v) is 13.1. The van der Waals surface area contributed by atoms with Crippen molar-refractivity contribution >= 4 is 6.09 Å². The number of amides is 1. The van der Waals surface area contributed by atoms with E-state index in [-0.39, 0.29) is 0 Å². The van der Waals surface area contributed by atoms with Crippen LogP contribution in [0.3, 0.4) is 0 Å². The molecule has 116 valence electrons. The van der Waals surface area contributed by atoms with E-state index >= 15 is 0 Å². The minimum atomic E-state index is -0.508. The van der Waals surface area contributed by atoms with Crippen LogP contribution < -0.4 is 14.8 Å². The summed E-state index contributed by atoms with van der Waals surface area (Å²) in [6, 6.07) is 10.9.